The molecular weight excluding hydrogens is 262 g/mol. The first-order valence-corrected chi connectivity index (χ1v) is 7.11. The Morgan fingerprint density at radius 2 is 2.42 bits per heavy atom. The molecule has 0 bridgehead atoms. The third-order valence-electron chi connectivity index (χ3n) is 3.19. The van der Waals surface area contributed by atoms with E-state index in [-0.39, 0.29) is 5.91 Å². The van der Waals surface area contributed by atoms with Crippen molar-refractivity contribution in [3.05, 3.63) is 34.6 Å². The Morgan fingerprint density at radius 1 is 1.58 bits per heavy atom. The van der Waals surface area contributed by atoms with Gasteiger partial charge < -0.3 is 15.2 Å². The molecule has 104 valence electrons. The summed E-state index contributed by atoms with van der Waals surface area (Å²) in [5, 5.41) is 6.83. The first-order valence-electron chi connectivity index (χ1n) is 6.73. The van der Waals surface area contributed by atoms with E-state index >= 15 is 0 Å². The lowest BCUT2D eigenvalue weighted by Crippen LogP contribution is -2.30. The molecule has 1 aromatic heterocycles. The second-order valence-electron chi connectivity index (χ2n) is 4.74. The fourth-order valence-electron chi connectivity index (χ4n) is 2.21. The highest BCUT2D eigenvalue weighted by molar-refractivity contribution is 6.31. The Balaban J connectivity index is 1.97. The van der Waals surface area contributed by atoms with Crippen molar-refractivity contribution < 1.29 is 4.79 Å². The monoisotopic (exact) mass is 281 g/mol. The molecule has 0 radical (unpaired) electrons. The van der Waals surface area contributed by atoms with Gasteiger partial charge >= 0.3 is 0 Å². The van der Waals surface area contributed by atoms with Crippen LogP contribution in [0.25, 0.3) is 0 Å². The average molecular weight is 282 g/mol. The van der Waals surface area contributed by atoms with Gasteiger partial charge in [-0.3, -0.25) is 4.79 Å². The number of aryl methyl sites for hydroxylation is 1. The Hall–Kier alpha value is -1.26. The van der Waals surface area contributed by atoms with Gasteiger partial charge in [0.1, 0.15) is 5.69 Å². The van der Waals surface area contributed by atoms with E-state index in [2.05, 4.69) is 23.6 Å². The fourth-order valence-corrected chi connectivity index (χ4v) is 2.43. The van der Waals surface area contributed by atoms with Crippen LogP contribution in [0.4, 0.5) is 0 Å². The number of hydrogen-bond acceptors (Lipinski definition) is 2. The van der Waals surface area contributed by atoms with Crippen molar-refractivity contribution in [2.45, 2.75) is 26.3 Å². The van der Waals surface area contributed by atoms with Crippen LogP contribution in [-0.2, 0) is 6.54 Å². The van der Waals surface area contributed by atoms with Crippen molar-refractivity contribution in [1.29, 1.82) is 0 Å². The molecule has 19 heavy (non-hydrogen) atoms. The average Bonchev–Trinajstić information content (AvgIpc) is 2.79. The molecule has 1 amide bonds. The van der Waals surface area contributed by atoms with E-state index in [9.17, 15) is 4.79 Å². The molecule has 0 aliphatic carbocycles. The van der Waals surface area contributed by atoms with Crippen LogP contribution in [0.2, 0.25) is 5.02 Å². The van der Waals surface area contributed by atoms with Crippen LogP contribution < -0.4 is 10.6 Å². The number of amides is 1. The summed E-state index contributed by atoms with van der Waals surface area (Å²) in [6.07, 6.45) is 5.92. The van der Waals surface area contributed by atoms with E-state index in [4.69, 9.17) is 11.6 Å². The maximum atomic E-state index is 12.2. The van der Waals surface area contributed by atoms with Crippen molar-refractivity contribution in [1.82, 2.24) is 15.2 Å². The predicted molar refractivity (Wildman–Crippen MR) is 77.6 cm³/mol. The predicted octanol–water partition coefficient (Wildman–Crippen LogP) is 2.20. The van der Waals surface area contributed by atoms with Gasteiger partial charge in [0, 0.05) is 25.8 Å². The van der Waals surface area contributed by atoms with E-state index in [1.165, 1.54) is 5.57 Å². The molecule has 2 rings (SSSR count). The molecule has 0 aromatic carbocycles. The van der Waals surface area contributed by atoms with Gasteiger partial charge in [0.15, 0.2) is 0 Å². The van der Waals surface area contributed by atoms with Crippen molar-refractivity contribution in [2.75, 3.05) is 19.6 Å². The van der Waals surface area contributed by atoms with Crippen LogP contribution in [-0.4, -0.2) is 30.1 Å². The topological polar surface area (TPSA) is 46.1 Å². The van der Waals surface area contributed by atoms with Crippen LogP contribution in [0, 0.1) is 0 Å². The molecule has 2 heterocycles. The summed E-state index contributed by atoms with van der Waals surface area (Å²) in [4.78, 5) is 12.2. The maximum absolute atomic E-state index is 12.2. The molecule has 1 aliphatic heterocycles. The second-order valence-corrected chi connectivity index (χ2v) is 5.17. The lowest BCUT2D eigenvalue weighted by Gasteiger charge is -2.15. The minimum Gasteiger partial charge on any atom is -0.347 e. The molecule has 5 heteroatoms. The molecular formula is C14H20ClN3O. The minimum atomic E-state index is -0.0558. The third-order valence-corrected chi connectivity index (χ3v) is 3.40. The number of rotatable bonds is 5. The van der Waals surface area contributed by atoms with Gasteiger partial charge in [-0.1, -0.05) is 30.2 Å². The fraction of sp³-hybridized carbons (Fsp3) is 0.500. The second kappa shape index (κ2) is 6.78. The number of carbonyl (C=O) groups is 1. The van der Waals surface area contributed by atoms with E-state index < -0.39 is 0 Å². The quantitative estimate of drug-likeness (QED) is 0.813. The molecule has 2 N–H and O–H groups in total. The van der Waals surface area contributed by atoms with E-state index in [0.29, 0.717) is 17.3 Å². The summed E-state index contributed by atoms with van der Waals surface area (Å²) in [6.45, 7) is 5.38. The molecule has 0 atom stereocenters. The van der Waals surface area contributed by atoms with Gasteiger partial charge in [-0.2, -0.15) is 0 Å². The Kier molecular flexibility index (Phi) is 5.05. The highest BCUT2D eigenvalue weighted by Gasteiger charge is 2.13. The van der Waals surface area contributed by atoms with Crippen molar-refractivity contribution in [2.24, 2.45) is 0 Å². The number of halogens is 1. The maximum Gasteiger partial charge on any atom is 0.268 e. The largest absolute Gasteiger partial charge is 0.347 e. The highest BCUT2D eigenvalue weighted by atomic mass is 35.5. The first kappa shape index (κ1) is 14.2. The molecule has 1 aliphatic rings. The van der Waals surface area contributed by atoms with Crippen LogP contribution >= 0.6 is 11.6 Å². The number of nitrogens with one attached hydrogen (secondary N) is 2. The van der Waals surface area contributed by atoms with E-state index in [1.54, 1.807) is 6.07 Å². The van der Waals surface area contributed by atoms with Gasteiger partial charge in [-0.05, 0) is 25.5 Å². The van der Waals surface area contributed by atoms with Gasteiger partial charge in [0.2, 0.25) is 0 Å². The SMILES string of the molecule is CCCn1cc(Cl)cc1C(=O)NCC1=CCNCC1. The standard InChI is InChI=1S/C14H20ClN3O/c1-2-7-18-10-12(15)8-13(18)14(19)17-9-11-3-5-16-6-4-11/h3,8,10,16H,2,4-7,9H2,1H3,(H,17,19). The molecule has 0 saturated heterocycles. The molecule has 1 aromatic rings. The number of carbonyl (C=O) groups excluding carboxylic acids is 1. The summed E-state index contributed by atoms with van der Waals surface area (Å²) < 4.78 is 1.91. The Morgan fingerprint density at radius 3 is 3.11 bits per heavy atom. The number of aromatic nitrogens is 1. The molecule has 0 unspecified atom stereocenters. The lowest BCUT2D eigenvalue weighted by molar-refractivity contribution is 0.0947. The number of nitrogens with zero attached hydrogens (tertiary/aromatic N) is 1. The van der Waals surface area contributed by atoms with Crippen molar-refractivity contribution in [3.8, 4) is 0 Å². The highest BCUT2D eigenvalue weighted by Crippen LogP contribution is 2.15. The van der Waals surface area contributed by atoms with Gasteiger partial charge in [-0.25, -0.2) is 0 Å². The molecule has 4 nitrogen and oxygen atoms in total. The smallest absolute Gasteiger partial charge is 0.268 e. The van der Waals surface area contributed by atoms with Crippen molar-refractivity contribution >= 4 is 17.5 Å². The molecule has 0 saturated carbocycles. The van der Waals surface area contributed by atoms with Crippen LogP contribution in [0.15, 0.2) is 23.9 Å². The first-order chi connectivity index (χ1) is 9.20. The summed E-state index contributed by atoms with van der Waals surface area (Å²) in [5.41, 5.74) is 1.92. The number of hydrogen-bond donors (Lipinski definition) is 2. The van der Waals surface area contributed by atoms with Gasteiger partial charge in [0.05, 0.1) is 5.02 Å². The zero-order valence-electron chi connectivity index (χ0n) is 11.2. The van der Waals surface area contributed by atoms with E-state index in [1.807, 2.05) is 10.8 Å². The van der Waals surface area contributed by atoms with Crippen LogP contribution in [0.3, 0.4) is 0 Å². The summed E-state index contributed by atoms with van der Waals surface area (Å²) in [7, 11) is 0. The lowest BCUT2D eigenvalue weighted by atomic mass is 10.1. The van der Waals surface area contributed by atoms with Crippen LogP contribution in [0.5, 0.6) is 0 Å². The summed E-state index contributed by atoms with van der Waals surface area (Å²) in [5.74, 6) is -0.0558. The third kappa shape index (κ3) is 3.85. The summed E-state index contributed by atoms with van der Waals surface area (Å²) in [6, 6.07) is 1.73. The Bertz CT molecular complexity index is 479. The Labute approximate surface area is 118 Å². The molecule has 0 spiro atoms. The van der Waals surface area contributed by atoms with Crippen molar-refractivity contribution in [3.63, 3.8) is 0 Å². The van der Waals surface area contributed by atoms with E-state index in [0.717, 1.165) is 32.5 Å². The van der Waals surface area contributed by atoms with Gasteiger partial charge in [0.25, 0.3) is 5.91 Å². The summed E-state index contributed by atoms with van der Waals surface area (Å²) >= 11 is 5.97. The zero-order chi connectivity index (χ0) is 13.7. The molecule has 0 fully saturated rings. The van der Waals surface area contributed by atoms with Gasteiger partial charge in [-0.15, -0.1) is 0 Å². The minimum absolute atomic E-state index is 0.0558. The van der Waals surface area contributed by atoms with Crippen LogP contribution in [0.1, 0.15) is 30.3 Å². The normalized spacial score (nSPS) is 15.2. The zero-order valence-corrected chi connectivity index (χ0v) is 12.0.